The second kappa shape index (κ2) is 7.37. The summed E-state index contributed by atoms with van der Waals surface area (Å²) in [5, 5.41) is 9.48. The monoisotopic (exact) mass is 315 g/mol. The van der Waals surface area contributed by atoms with Crippen LogP contribution in [0.25, 0.3) is 0 Å². The van der Waals surface area contributed by atoms with Gasteiger partial charge in [0.25, 0.3) is 0 Å². The molecule has 0 aliphatic rings. The highest BCUT2D eigenvalue weighted by Gasteiger charge is 2.16. The number of nitriles is 1. The van der Waals surface area contributed by atoms with Crippen LogP contribution in [0.3, 0.4) is 0 Å². The van der Waals surface area contributed by atoms with Gasteiger partial charge in [-0.15, -0.1) is 0 Å². The molecule has 0 radical (unpaired) electrons. The quantitative estimate of drug-likeness (QED) is 0.820. The molecule has 2 aromatic rings. The van der Waals surface area contributed by atoms with Gasteiger partial charge in [-0.25, -0.2) is 4.98 Å². The fourth-order valence-corrected chi connectivity index (χ4v) is 3.61. The molecule has 0 spiro atoms. The van der Waals surface area contributed by atoms with Crippen molar-refractivity contribution in [1.82, 2.24) is 9.55 Å². The molecule has 5 heteroatoms. The first-order valence-electron chi connectivity index (χ1n) is 7.48. The summed E-state index contributed by atoms with van der Waals surface area (Å²) in [6.07, 6.45) is 2.15. The lowest BCUT2D eigenvalue weighted by Crippen LogP contribution is -2.09. The summed E-state index contributed by atoms with van der Waals surface area (Å²) >= 11 is 0. The second-order valence-electron chi connectivity index (χ2n) is 5.37. The van der Waals surface area contributed by atoms with Crippen LogP contribution < -0.4 is 0 Å². The molecule has 2 rings (SSSR count). The first kappa shape index (κ1) is 16.4. The fourth-order valence-electron chi connectivity index (χ4n) is 2.27. The first-order valence-corrected chi connectivity index (χ1v) is 8.79. The molecule has 116 valence electrons. The van der Waals surface area contributed by atoms with Crippen molar-refractivity contribution in [3.63, 3.8) is 0 Å². The van der Waals surface area contributed by atoms with Crippen LogP contribution in [-0.2, 0) is 23.1 Å². The van der Waals surface area contributed by atoms with Gasteiger partial charge in [-0.3, -0.25) is 4.21 Å². The summed E-state index contributed by atoms with van der Waals surface area (Å²) in [6.45, 7) is 6.99. The minimum Gasteiger partial charge on any atom is -0.321 e. The summed E-state index contributed by atoms with van der Waals surface area (Å²) < 4.78 is 14.8. The maximum atomic E-state index is 12.7. The third-order valence-corrected chi connectivity index (χ3v) is 5.06. The van der Waals surface area contributed by atoms with Gasteiger partial charge in [0, 0.05) is 12.2 Å². The smallest absolute Gasteiger partial charge is 0.199 e. The van der Waals surface area contributed by atoms with E-state index in [0.717, 1.165) is 36.3 Å². The molecule has 0 saturated heterocycles. The van der Waals surface area contributed by atoms with Crippen molar-refractivity contribution in [1.29, 1.82) is 5.26 Å². The van der Waals surface area contributed by atoms with E-state index in [9.17, 15) is 4.21 Å². The van der Waals surface area contributed by atoms with Crippen LogP contribution in [0.2, 0.25) is 0 Å². The second-order valence-corrected chi connectivity index (χ2v) is 6.71. The van der Waals surface area contributed by atoms with Crippen molar-refractivity contribution in [2.24, 2.45) is 0 Å². The number of imidazole rings is 1. The Morgan fingerprint density at radius 1 is 1.27 bits per heavy atom. The number of rotatable bonds is 6. The summed E-state index contributed by atoms with van der Waals surface area (Å²) in [5.41, 5.74) is 3.61. The van der Waals surface area contributed by atoms with Gasteiger partial charge in [-0.1, -0.05) is 25.5 Å². The molecule has 0 saturated carbocycles. The van der Waals surface area contributed by atoms with Crippen LogP contribution >= 0.6 is 0 Å². The summed E-state index contributed by atoms with van der Waals surface area (Å²) in [6, 6.07) is 9.32. The van der Waals surface area contributed by atoms with Crippen molar-refractivity contribution < 1.29 is 4.21 Å². The van der Waals surface area contributed by atoms with Crippen LogP contribution in [0.1, 0.15) is 42.3 Å². The van der Waals surface area contributed by atoms with Gasteiger partial charge in [-0.2, -0.15) is 5.26 Å². The Hall–Kier alpha value is -1.93. The SMILES string of the molecule is CCCCn1c(S(=O)Cc2ccc(C#N)cc2)nc(C)c1C. The van der Waals surface area contributed by atoms with E-state index < -0.39 is 10.8 Å². The Labute approximate surface area is 134 Å². The van der Waals surface area contributed by atoms with Crippen molar-refractivity contribution in [3.8, 4) is 6.07 Å². The van der Waals surface area contributed by atoms with E-state index in [2.05, 4.69) is 22.5 Å². The Morgan fingerprint density at radius 2 is 1.95 bits per heavy atom. The van der Waals surface area contributed by atoms with Crippen LogP contribution in [0.5, 0.6) is 0 Å². The lowest BCUT2D eigenvalue weighted by molar-refractivity contribution is 0.565. The number of aromatic nitrogens is 2. The maximum Gasteiger partial charge on any atom is 0.199 e. The average Bonchev–Trinajstić information content (AvgIpc) is 2.81. The third kappa shape index (κ3) is 3.63. The number of hydrogen-bond acceptors (Lipinski definition) is 3. The minimum atomic E-state index is -1.18. The molecule has 0 aliphatic carbocycles. The molecular weight excluding hydrogens is 294 g/mol. The molecule has 0 amide bonds. The zero-order chi connectivity index (χ0) is 16.1. The number of hydrogen-bond donors (Lipinski definition) is 0. The van der Waals surface area contributed by atoms with Crippen LogP contribution in [0, 0.1) is 25.2 Å². The maximum absolute atomic E-state index is 12.7. The van der Waals surface area contributed by atoms with Gasteiger partial charge < -0.3 is 4.57 Å². The minimum absolute atomic E-state index is 0.424. The molecule has 1 atom stereocenters. The van der Waals surface area contributed by atoms with E-state index in [1.807, 2.05) is 26.0 Å². The van der Waals surface area contributed by atoms with E-state index in [0.29, 0.717) is 16.5 Å². The van der Waals surface area contributed by atoms with Gasteiger partial charge in [0.05, 0.1) is 33.9 Å². The van der Waals surface area contributed by atoms with Gasteiger partial charge in [0.1, 0.15) is 0 Å². The van der Waals surface area contributed by atoms with Gasteiger partial charge in [0.2, 0.25) is 0 Å². The van der Waals surface area contributed by atoms with Crippen molar-refractivity contribution in [2.45, 2.75) is 51.1 Å². The van der Waals surface area contributed by atoms with Crippen LogP contribution in [0.15, 0.2) is 29.4 Å². The number of nitrogens with zero attached hydrogens (tertiary/aromatic N) is 3. The van der Waals surface area contributed by atoms with Crippen molar-refractivity contribution >= 4 is 10.8 Å². The lowest BCUT2D eigenvalue weighted by Gasteiger charge is -2.09. The average molecular weight is 315 g/mol. The fraction of sp³-hybridized carbons (Fsp3) is 0.412. The zero-order valence-corrected chi connectivity index (χ0v) is 14.1. The Bertz CT molecular complexity index is 711. The predicted octanol–water partition coefficient (Wildman–Crippen LogP) is 3.48. The van der Waals surface area contributed by atoms with E-state index in [1.54, 1.807) is 12.1 Å². The molecule has 0 aliphatic heterocycles. The normalized spacial score (nSPS) is 12.1. The molecule has 1 aromatic carbocycles. The molecule has 4 nitrogen and oxygen atoms in total. The van der Waals surface area contributed by atoms with E-state index in [1.165, 1.54) is 0 Å². The highest BCUT2D eigenvalue weighted by atomic mass is 32.2. The Kier molecular flexibility index (Phi) is 5.51. The van der Waals surface area contributed by atoms with Crippen molar-refractivity contribution in [2.75, 3.05) is 0 Å². The van der Waals surface area contributed by atoms with E-state index in [-0.39, 0.29) is 0 Å². The number of aryl methyl sites for hydroxylation is 1. The van der Waals surface area contributed by atoms with Gasteiger partial charge in [0.15, 0.2) is 5.16 Å². The predicted molar refractivity (Wildman–Crippen MR) is 87.9 cm³/mol. The van der Waals surface area contributed by atoms with Gasteiger partial charge in [-0.05, 0) is 38.0 Å². The zero-order valence-electron chi connectivity index (χ0n) is 13.3. The standard InChI is InChI=1S/C17H21N3OS/c1-4-5-10-20-14(3)13(2)19-17(20)22(21)12-16-8-6-15(11-18)7-9-16/h6-9H,4-5,10,12H2,1-3H3. The Balaban J connectivity index is 2.21. The highest BCUT2D eigenvalue weighted by Crippen LogP contribution is 2.18. The molecule has 0 N–H and O–H groups in total. The molecule has 22 heavy (non-hydrogen) atoms. The van der Waals surface area contributed by atoms with E-state index >= 15 is 0 Å². The highest BCUT2D eigenvalue weighted by molar-refractivity contribution is 7.84. The molecule has 1 aromatic heterocycles. The number of unbranched alkanes of at least 4 members (excludes halogenated alkanes) is 1. The van der Waals surface area contributed by atoms with Crippen molar-refractivity contribution in [3.05, 3.63) is 46.8 Å². The molecule has 1 unspecified atom stereocenters. The summed E-state index contributed by atoms with van der Waals surface area (Å²) in [7, 11) is -1.18. The third-order valence-electron chi connectivity index (χ3n) is 3.74. The summed E-state index contributed by atoms with van der Waals surface area (Å²) in [4.78, 5) is 4.50. The van der Waals surface area contributed by atoms with Gasteiger partial charge >= 0.3 is 0 Å². The summed E-state index contributed by atoms with van der Waals surface area (Å²) in [5.74, 6) is 0.424. The lowest BCUT2D eigenvalue weighted by atomic mass is 10.2. The molecule has 0 fully saturated rings. The largest absolute Gasteiger partial charge is 0.321 e. The topological polar surface area (TPSA) is 58.7 Å². The van der Waals surface area contributed by atoms with Crippen LogP contribution in [0.4, 0.5) is 0 Å². The molecule has 1 heterocycles. The number of benzene rings is 1. The molecular formula is C17H21N3OS. The molecule has 0 bridgehead atoms. The van der Waals surface area contributed by atoms with Crippen LogP contribution in [-0.4, -0.2) is 13.8 Å². The first-order chi connectivity index (χ1) is 10.6. The van der Waals surface area contributed by atoms with E-state index in [4.69, 9.17) is 5.26 Å². The Morgan fingerprint density at radius 3 is 2.55 bits per heavy atom.